The molecule has 1 unspecified atom stereocenters. The number of para-hydroxylation sites is 1. The third-order valence-corrected chi connectivity index (χ3v) is 6.24. The molecule has 1 spiro atoms. The molecule has 3 aromatic carbocycles. The molecule has 0 aliphatic carbocycles. The van der Waals surface area contributed by atoms with Gasteiger partial charge in [0.2, 0.25) is 5.91 Å². The predicted molar refractivity (Wildman–Crippen MR) is 126 cm³/mol. The number of cyclic esters (lactones) is 1. The Morgan fingerprint density at radius 2 is 1.59 bits per heavy atom. The van der Waals surface area contributed by atoms with E-state index in [9.17, 15) is 14.4 Å². The molecule has 0 saturated heterocycles. The SMILES string of the molecule is CCOC(=O)C1=C(c2ccccc2)OC(=O)CC12C(=O)N(Cc1ccccc1)c1ccccc12. The van der Waals surface area contributed by atoms with E-state index < -0.39 is 17.4 Å². The van der Waals surface area contributed by atoms with E-state index in [4.69, 9.17) is 9.47 Å². The maximum atomic E-state index is 14.3. The van der Waals surface area contributed by atoms with Gasteiger partial charge in [0, 0.05) is 11.3 Å². The first-order chi connectivity index (χ1) is 16.6. The number of esters is 2. The lowest BCUT2D eigenvalue weighted by Gasteiger charge is -2.34. The van der Waals surface area contributed by atoms with Gasteiger partial charge in [-0.05, 0) is 24.1 Å². The van der Waals surface area contributed by atoms with Crippen LogP contribution in [0.25, 0.3) is 5.76 Å². The highest BCUT2D eigenvalue weighted by Crippen LogP contribution is 2.53. The molecule has 0 aromatic heterocycles. The molecule has 0 N–H and O–H groups in total. The van der Waals surface area contributed by atoms with Crippen LogP contribution in [0, 0.1) is 0 Å². The summed E-state index contributed by atoms with van der Waals surface area (Å²) in [5, 5.41) is 0. The van der Waals surface area contributed by atoms with E-state index in [-0.39, 0.29) is 30.3 Å². The number of nitrogens with zero attached hydrogens (tertiary/aromatic N) is 1. The smallest absolute Gasteiger partial charge is 0.339 e. The van der Waals surface area contributed by atoms with Crippen molar-refractivity contribution in [3.63, 3.8) is 0 Å². The molecule has 6 heteroatoms. The Kier molecular flexibility index (Phi) is 5.49. The van der Waals surface area contributed by atoms with Gasteiger partial charge in [-0.15, -0.1) is 0 Å². The molecule has 2 heterocycles. The Morgan fingerprint density at radius 1 is 0.941 bits per heavy atom. The van der Waals surface area contributed by atoms with E-state index in [0.29, 0.717) is 23.4 Å². The molecule has 170 valence electrons. The van der Waals surface area contributed by atoms with Crippen LogP contribution in [0.1, 0.15) is 30.0 Å². The second-order valence-corrected chi connectivity index (χ2v) is 8.24. The molecular formula is C28H23NO5. The van der Waals surface area contributed by atoms with Crippen LogP contribution in [-0.4, -0.2) is 24.5 Å². The molecule has 0 fully saturated rings. The van der Waals surface area contributed by atoms with Crippen molar-refractivity contribution in [2.24, 2.45) is 0 Å². The van der Waals surface area contributed by atoms with Crippen molar-refractivity contribution in [2.75, 3.05) is 11.5 Å². The minimum Gasteiger partial charge on any atom is -0.462 e. The molecule has 6 nitrogen and oxygen atoms in total. The van der Waals surface area contributed by atoms with Crippen molar-refractivity contribution in [3.05, 3.63) is 107 Å². The summed E-state index contributed by atoms with van der Waals surface area (Å²) in [4.78, 5) is 42.3. The van der Waals surface area contributed by atoms with E-state index in [0.717, 1.165) is 5.56 Å². The highest BCUT2D eigenvalue weighted by Gasteiger charge is 2.60. The third-order valence-electron chi connectivity index (χ3n) is 6.24. The van der Waals surface area contributed by atoms with Crippen LogP contribution in [-0.2, 0) is 35.8 Å². The summed E-state index contributed by atoms with van der Waals surface area (Å²) in [6, 6.07) is 25.8. The van der Waals surface area contributed by atoms with Crippen LogP contribution in [0.4, 0.5) is 5.69 Å². The quantitative estimate of drug-likeness (QED) is 0.536. The summed E-state index contributed by atoms with van der Waals surface area (Å²) in [5.41, 5.74) is 1.27. The lowest BCUT2D eigenvalue weighted by Crippen LogP contribution is -2.48. The van der Waals surface area contributed by atoms with E-state index >= 15 is 0 Å². The molecule has 0 radical (unpaired) electrons. The number of rotatable bonds is 5. The van der Waals surface area contributed by atoms with E-state index in [1.54, 1.807) is 42.2 Å². The third kappa shape index (κ3) is 3.39. The number of hydrogen-bond donors (Lipinski definition) is 0. The average molecular weight is 453 g/mol. The molecule has 0 bridgehead atoms. The first-order valence-corrected chi connectivity index (χ1v) is 11.2. The van der Waals surface area contributed by atoms with Crippen LogP contribution in [0.5, 0.6) is 0 Å². The van der Waals surface area contributed by atoms with Gasteiger partial charge in [-0.2, -0.15) is 0 Å². The number of hydrogen-bond acceptors (Lipinski definition) is 5. The molecular weight excluding hydrogens is 430 g/mol. The second-order valence-electron chi connectivity index (χ2n) is 8.24. The maximum Gasteiger partial charge on any atom is 0.339 e. The number of carbonyl (C=O) groups is 3. The molecule has 2 aliphatic heterocycles. The van der Waals surface area contributed by atoms with Gasteiger partial charge in [-0.1, -0.05) is 78.9 Å². The minimum atomic E-state index is -1.53. The zero-order chi connectivity index (χ0) is 23.7. The fourth-order valence-corrected chi connectivity index (χ4v) is 4.82. The highest BCUT2D eigenvalue weighted by atomic mass is 16.6. The van der Waals surface area contributed by atoms with Gasteiger partial charge in [0.25, 0.3) is 0 Å². The Bertz CT molecular complexity index is 1300. The molecule has 5 rings (SSSR count). The normalized spacial score (nSPS) is 19.3. The first kappa shape index (κ1) is 21.6. The van der Waals surface area contributed by atoms with Crippen LogP contribution < -0.4 is 4.90 Å². The van der Waals surface area contributed by atoms with Crippen molar-refractivity contribution in [1.29, 1.82) is 0 Å². The average Bonchev–Trinajstić information content (AvgIpc) is 3.08. The summed E-state index contributed by atoms with van der Waals surface area (Å²) < 4.78 is 11.0. The zero-order valence-corrected chi connectivity index (χ0v) is 18.7. The van der Waals surface area contributed by atoms with E-state index in [2.05, 4.69) is 0 Å². The summed E-state index contributed by atoms with van der Waals surface area (Å²) >= 11 is 0. The first-order valence-electron chi connectivity index (χ1n) is 11.2. The number of fused-ring (bicyclic) bond motifs is 2. The fraction of sp³-hybridized carbons (Fsp3) is 0.179. The number of carbonyl (C=O) groups excluding carboxylic acids is 3. The zero-order valence-electron chi connectivity index (χ0n) is 18.7. The number of anilines is 1. The van der Waals surface area contributed by atoms with Crippen LogP contribution in [0.2, 0.25) is 0 Å². The number of ether oxygens (including phenoxy) is 2. The van der Waals surface area contributed by atoms with Gasteiger partial charge < -0.3 is 14.4 Å². The topological polar surface area (TPSA) is 72.9 Å². The number of benzene rings is 3. The summed E-state index contributed by atoms with van der Waals surface area (Å²) in [6.07, 6.45) is -0.279. The van der Waals surface area contributed by atoms with Crippen molar-refractivity contribution in [2.45, 2.75) is 25.3 Å². The van der Waals surface area contributed by atoms with Gasteiger partial charge in [-0.25, -0.2) is 4.79 Å². The lowest BCUT2D eigenvalue weighted by atomic mass is 9.70. The predicted octanol–water partition coefficient (Wildman–Crippen LogP) is 4.39. The fourth-order valence-electron chi connectivity index (χ4n) is 4.82. The summed E-state index contributed by atoms with van der Waals surface area (Å²) in [7, 11) is 0. The maximum absolute atomic E-state index is 14.3. The lowest BCUT2D eigenvalue weighted by molar-refractivity contribution is -0.146. The number of amides is 1. The summed E-state index contributed by atoms with van der Waals surface area (Å²) in [5.74, 6) is -1.51. The van der Waals surface area contributed by atoms with Crippen molar-refractivity contribution < 1.29 is 23.9 Å². The molecule has 1 amide bonds. The van der Waals surface area contributed by atoms with E-state index in [1.807, 2.05) is 54.6 Å². The van der Waals surface area contributed by atoms with Gasteiger partial charge in [-0.3, -0.25) is 9.59 Å². The Labute approximate surface area is 197 Å². The van der Waals surface area contributed by atoms with Crippen molar-refractivity contribution >= 4 is 29.3 Å². The van der Waals surface area contributed by atoms with Crippen molar-refractivity contribution in [3.8, 4) is 0 Å². The standard InChI is InChI=1S/C28H23NO5/c1-2-33-26(31)24-25(20-13-7-4-8-14-20)34-23(30)17-28(24)21-15-9-10-16-22(21)29(27(28)32)18-19-11-5-3-6-12-19/h3-16H,2,17-18H2,1H3. The van der Waals surface area contributed by atoms with Gasteiger partial charge >= 0.3 is 11.9 Å². The largest absolute Gasteiger partial charge is 0.462 e. The Balaban J connectivity index is 1.76. The molecule has 1 atom stereocenters. The van der Waals surface area contributed by atoms with Crippen LogP contribution in [0.15, 0.2) is 90.5 Å². The van der Waals surface area contributed by atoms with Gasteiger partial charge in [0.15, 0.2) is 0 Å². The van der Waals surface area contributed by atoms with E-state index in [1.165, 1.54) is 0 Å². The molecule has 3 aromatic rings. The minimum absolute atomic E-state index is 0.0631. The van der Waals surface area contributed by atoms with Crippen LogP contribution >= 0.6 is 0 Å². The molecule has 2 aliphatic rings. The molecule has 0 saturated carbocycles. The Hall–Kier alpha value is -4.19. The van der Waals surface area contributed by atoms with Gasteiger partial charge in [0.05, 0.1) is 19.6 Å². The Morgan fingerprint density at radius 3 is 2.29 bits per heavy atom. The summed E-state index contributed by atoms with van der Waals surface area (Å²) in [6.45, 7) is 2.14. The molecule has 34 heavy (non-hydrogen) atoms. The van der Waals surface area contributed by atoms with Crippen molar-refractivity contribution in [1.82, 2.24) is 0 Å². The monoisotopic (exact) mass is 453 g/mol. The second kappa shape index (κ2) is 8.63. The van der Waals surface area contributed by atoms with Crippen LogP contribution in [0.3, 0.4) is 0 Å². The van der Waals surface area contributed by atoms with Gasteiger partial charge in [0.1, 0.15) is 16.7 Å². The highest BCUT2D eigenvalue weighted by molar-refractivity contribution is 6.20.